The molecule has 0 amide bonds. The van der Waals surface area contributed by atoms with Gasteiger partial charge in [0.15, 0.2) is 0 Å². The van der Waals surface area contributed by atoms with E-state index in [4.69, 9.17) is 34.8 Å². The van der Waals surface area contributed by atoms with Crippen molar-refractivity contribution < 1.29 is 12.8 Å². The first kappa shape index (κ1) is 24.4. The zero-order valence-corrected chi connectivity index (χ0v) is 21.4. The number of nitrogens with zero attached hydrogens (tertiary/aromatic N) is 1. The maximum absolute atomic E-state index is 13.5. The van der Waals surface area contributed by atoms with E-state index in [0.29, 0.717) is 27.7 Å². The van der Waals surface area contributed by atoms with Crippen molar-refractivity contribution in [1.29, 1.82) is 0 Å². The van der Waals surface area contributed by atoms with Crippen molar-refractivity contribution in [2.24, 2.45) is 5.10 Å². The number of rotatable bonds is 6. The van der Waals surface area contributed by atoms with Crippen LogP contribution in [0.2, 0.25) is 15.1 Å². The number of hydrogen-bond donors (Lipinski definition) is 2. The lowest BCUT2D eigenvalue weighted by Crippen LogP contribution is -2.34. The summed E-state index contributed by atoms with van der Waals surface area (Å²) in [7, 11) is -4.09. The Hall–Kier alpha value is -1.68. The summed E-state index contributed by atoms with van der Waals surface area (Å²) in [6, 6.07) is 14.4. The standard InChI is InChI=1S/C22H16BrCl3FN3O2S/c23-17-10-15(27)6-8-21(17)33(31,32)30-22(16-7-5-14(25)9-18(16)26)20-11-19(28-29-20)12-1-3-13(24)4-2-12/h1-10,19,22,28,30H,11H2. The van der Waals surface area contributed by atoms with Crippen LogP contribution in [0.25, 0.3) is 0 Å². The summed E-state index contributed by atoms with van der Waals surface area (Å²) in [5.74, 6) is -0.562. The Morgan fingerprint density at radius 2 is 1.73 bits per heavy atom. The molecule has 5 nitrogen and oxygen atoms in total. The van der Waals surface area contributed by atoms with E-state index in [2.05, 4.69) is 31.2 Å². The molecule has 2 unspecified atom stereocenters. The molecule has 1 heterocycles. The molecule has 0 aromatic heterocycles. The van der Waals surface area contributed by atoms with Crippen molar-refractivity contribution in [3.63, 3.8) is 0 Å². The van der Waals surface area contributed by atoms with E-state index in [-0.39, 0.29) is 20.4 Å². The second-order valence-electron chi connectivity index (χ2n) is 7.34. The zero-order chi connectivity index (χ0) is 23.8. The van der Waals surface area contributed by atoms with Crippen LogP contribution in [-0.4, -0.2) is 14.1 Å². The predicted molar refractivity (Wildman–Crippen MR) is 133 cm³/mol. The molecule has 3 aromatic carbocycles. The third-order valence-electron chi connectivity index (χ3n) is 5.11. The van der Waals surface area contributed by atoms with Crippen LogP contribution in [0.3, 0.4) is 0 Å². The van der Waals surface area contributed by atoms with E-state index in [1.54, 1.807) is 24.3 Å². The Kier molecular flexibility index (Phi) is 7.33. The van der Waals surface area contributed by atoms with Gasteiger partial charge in [0, 0.05) is 26.0 Å². The van der Waals surface area contributed by atoms with Gasteiger partial charge in [-0.05, 0) is 69.5 Å². The van der Waals surface area contributed by atoms with Crippen molar-refractivity contribution in [3.05, 3.63) is 97.1 Å². The first-order valence-corrected chi connectivity index (χ1v) is 13.0. The summed E-state index contributed by atoms with van der Waals surface area (Å²) in [6.07, 6.45) is 0.415. The number of sulfonamides is 1. The van der Waals surface area contributed by atoms with Gasteiger partial charge in [0.25, 0.3) is 0 Å². The monoisotopic (exact) mass is 589 g/mol. The first-order valence-electron chi connectivity index (χ1n) is 9.64. The predicted octanol–water partition coefficient (Wildman–Crippen LogP) is 6.66. The van der Waals surface area contributed by atoms with Crippen LogP contribution in [0.4, 0.5) is 4.39 Å². The molecule has 2 N–H and O–H groups in total. The summed E-state index contributed by atoms with van der Waals surface area (Å²) in [5.41, 5.74) is 5.01. The Morgan fingerprint density at radius 1 is 1.03 bits per heavy atom. The largest absolute Gasteiger partial charge is 0.302 e. The van der Waals surface area contributed by atoms with Gasteiger partial charge in [0.1, 0.15) is 5.82 Å². The molecule has 11 heteroatoms. The van der Waals surface area contributed by atoms with Crippen molar-refractivity contribution >= 4 is 66.5 Å². The van der Waals surface area contributed by atoms with Crippen LogP contribution < -0.4 is 10.1 Å². The maximum Gasteiger partial charge on any atom is 0.242 e. The van der Waals surface area contributed by atoms with Crippen LogP contribution in [0, 0.1) is 5.82 Å². The van der Waals surface area contributed by atoms with E-state index < -0.39 is 21.9 Å². The third-order valence-corrected chi connectivity index (χ3v) is 8.33. The number of hydrogen-bond acceptors (Lipinski definition) is 4. The van der Waals surface area contributed by atoms with Gasteiger partial charge in [-0.2, -0.15) is 9.82 Å². The summed E-state index contributed by atoms with van der Waals surface area (Å²) in [4.78, 5) is -0.111. The van der Waals surface area contributed by atoms with Gasteiger partial charge in [0.2, 0.25) is 10.0 Å². The Balaban J connectivity index is 1.69. The fourth-order valence-corrected chi connectivity index (χ4v) is 6.39. The molecule has 0 bridgehead atoms. The van der Waals surface area contributed by atoms with Crippen LogP contribution in [0.15, 0.2) is 75.1 Å². The van der Waals surface area contributed by atoms with Crippen molar-refractivity contribution in [2.45, 2.75) is 23.4 Å². The number of nitrogens with one attached hydrogen (secondary N) is 2. The second kappa shape index (κ2) is 9.90. The normalized spacial score (nSPS) is 16.9. The number of halogens is 5. The SMILES string of the molecule is O=S(=O)(NC(C1=NNC(c2ccc(Cl)cc2)C1)c1ccc(Cl)cc1Cl)c1ccc(F)cc1Br. The fourth-order valence-electron chi connectivity index (χ4n) is 3.49. The van der Waals surface area contributed by atoms with Gasteiger partial charge in [0.05, 0.1) is 22.7 Å². The molecule has 2 atom stereocenters. The molecule has 0 spiro atoms. The summed E-state index contributed by atoms with van der Waals surface area (Å²) < 4.78 is 42.8. The lowest BCUT2D eigenvalue weighted by molar-refractivity contribution is 0.575. The number of benzene rings is 3. The highest BCUT2D eigenvalue weighted by molar-refractivity contribution is 9.10. The van der Waals surface area contributed by atoms with Crippen LogP contribution >= 0.6 is 50.7 Å². The van der Waals surface area contributed by atoms with Crippen molar-refractivity contribution in [3.8, 4) is 0 Å². The van der Waals surface area contributed by atoms with Crippen LogP contribution in [-0.2, 0) is 10.0 Å². The molecule has 1 aliphatic rings. The Labute approximate surface area is 214 Å². The first-order chi connectivity index (χ1) is 15.6. The molecular weight excluding hydrogens is 576 g/mol. The molecule has 0 fully saturated rings. The minimum atomic E-state index is -4.09. The van der Waals surface area contributed by atoms with Crippen LogP contribution in [0.5, 0.6) is 0 Å². The van der Waals surface area contributed by atoms with Gasteiger partial charge >= 0.3 is 0 Å². The molecule has 0 saturated heterocycles. The van der Waals surface area contributed by atoms with E-state index in [1.165, 1.54) is 12.1 Å². The minimum Gasteiger partial charge on any atom is -0.302 e. The van der Waals surface area contributed by atoms with E-state index in [9.17, 15) is 12.8 Å². The summed E-state index contributed by atoms with van der Waals surface area (Å²) in [5, 5.41) is 5.72. The molecule has 0 saturated carbocycles. The minimum absolute atomic E-state index is 0.0986. The van der Waals surface area contributed by atoms with Gasteiger partial charge in [-0.3, -0.25) is 0 Å². The molecule has 172 valence electrons. The van der Waals surface area contributed by atoms with Crippen molar-refractivity contribution in [1.82, 2.24) is 10.1 Å². The van der Waals surface area contributed by atoms with E-state index in [0.717, 1.165) is 17.7 Å². The number of hydrazone groups is 1. The quantitative estimate of drug-likeness (QED) is 0.337. The molecule has 3 aromatic rings. The average Bonchev–Trinajstić information content (AvgIpc) is 3.23. The van der Waals surface area contributed by atoms with Gasteiger partial charge in [-0.15, -0.1) is 0 Å². The summed E-state index contributed by atoms with van der Waals surface area (Å²) >= 11 is 21.6. The molecule has 4 rings (SSSR count). The third kappa shape index (κ3) is 5.53. The summed E-state index contributed by atoms with van der Waals surface area (Å²) in [6.45, 7) is 0. The van der Waals surface area contributed by atoms with Gasteiger partial charge < -0.3 is 5.43 Å². The van der Waals surface area contributed by atoms with Crippen LogP contribution in [0.1, 0.15) is 29.6 Å². The van der Waals surface area contributed by atoms with Gasteiger partial charge in [-0.25, -0.2) is 12.8 Å². The zero-order valence-electron chi connectivity index (χ0n) is 16.7. The smallest absolute Gasteiger partial charge is 0.242 e. The fraction of sp³-hybridized carbons (Fsp3) is 0.136. The Bertz CT molecular complexity index is 1340. The van der Waals surface area contributed by atoms with E-state index in [1.807, 2.05) is 12.1 Å². The average molecular weight is 592 g/mol. The second-order valence-corrected chi connectivity index (χ2v) is 11.2. The topological polar surface area (TPSA) is 70.6 Å². The van der Waals surface area contributed by atoms with Gasteiger partial charge in [-0.1, -0.05) is 53.0 Å². The van der Waals surface area contributed by atoms with Crippen molar-refractivity contribution in [2.75, 3.05) is 0 Å². The molecule has 1 aliphatic heterocycles. The lowest BCUT2D eigenvalue weighted by atomic mass is 9.96. The highest BCUT2D eigenvalue weighted by atomic mass is 79.9. The molecular formula is C22H16BrCl3FN3O2S. The Morgan fingerprint density at radius 3 is 2.39 bits per heavy atom. The lowest BCUT2D eigenvalue weighted by Gasteiger charge is -2.21. The highest BCUT2D eigenvalue weighted by Crippen LogP contribution is 2.34. The molecule has 0 radical (unpaired) electrons. The van der Waals surface area contributed by atoms with E-state index >= 15 is 0 Å². The molecule has 33 heavy (non-hydrogen) atoms. The maximum atomic E-state index is 13.5. The molecule has 0 aliphatic carbocycles. The highest BCUT2D eigenvalue weighted by Gasteiger charge is 2.33.